The number of amides is 1. The molecule has 1 aliphatic rings. The maximum Gasteiger partial charge on any atom is 0.312 e. The molecule has 7 heteroatoms. The number of aromatic nitrogens is 2. The fourth-order valence-electron chi connectivity index (χ4n) is 3.76. The molecule has 30 heavy (non-hydrogen) atoms. The molecule has 0 bridgehead atoms. The van der Waals surface area contributed by atoms with Crippen molar-refractivity contribution in [1.29, 1.82) is 0 Å². The quantitative estimate of drug-likeness (QED) is 0.566. The maximum atomic E-state index is 12.6. The van der Waals surface area contributed by atoms with Gasteiger partial charge in [0.2, 0.25) is 0 Å². The Kier molecular flexibility index (Phi) is 6.18. The highest BCUT2D eigenvalue weighted by molar-refractivity contribution is 7.13. The van der Waals surface area contributed by atoms with Gasteiger partial charge in [0.25, 0.3) is 5.91 Å². The second-order valence-corrected chi connectivity index (χ2v) is 8.19. The highest BCUT2D eigenvalue weighted by Crippen LogP contribution is 2.33. The van der Waals surface area contributed by atoms with Crippen LogP contribution in [0.4, 0.5) is 0 Å². The molecule has 2 aromatic heterocycles. The predicted octanol–water partition coefficient (Wildman–Crippen LogP) is 3.83. The first kappa shape index (κ1) is 20.2. The van der Waals surface area contributed by atoms with Gasteiger partial charge >= 0.3 is 5.97 Å². The summed E-state index contributed by atoms with van der Waals surface area (Å²) in [6.07, 6.45) is 6.48. The van der Waals surface area contributed by atoms with Crippen LogP contribution in [0.15, 0.2) is 54.2 Å². The summed E-state index contributed by atoms with van der Waals surface area (Å²) in [5.41, 5.74) is 4.02. The molecule has 0 N–H and O–H groups in total. The van der Waals surface area contributed by atoms with E-state index in [1.54, 1.807) is 24.3 Å². The van der Waals surface area contributed by atoms with Crippen LogP contribution in [-0.4, -0.2) is 40.4 Å². The molecular formula is C23H23N3O3S. The molecule has 1 aliphatic carbocycles. The summed E-state index contributed by atoms with van der Waals surface area (Å²) in [5, 5.41) is 2.63. The molecule has 2 heterocycles. The van der Waals surface area contributed by atoms with E-state index >= 15 is 0 Å². The fraction of sp³-hybridized carbons (Fsp3) is 0.304. The lowest BCUT2D eigenvalue weighted by Crippen LogP contribution is -2.36. The molecule has 0 aliphatic heterocycles. The number of nitrogens with zero attached hydrogens (tertiary/aromatic N) is 3. The molecule has 4 rings (SSSR count). The highest BCUT2D eigenvalue weighted by Gasteiger charge is 2.27. The van der Waals surface area contributed by atoms with Crippen LogP contribution in [0.3, 0.4) is 0 Å². The zero-order chi connectivity index (χ0) is 20.9. The maximum absolute atomic E-state index is 12.6. The zero-order valence-electron chi connectivity index (χ0n) is 16.8. The van der Waals surface area contributed by atoms with Crippen molar-refractivity contribution in [2.45, 2.75) is 31.7 Å². The lowest BCUT2D eigenvalue weighted by atomic mass is 9.87. The lowest BCUT2D eigenvalue weighted by Gasteiger charge is -2.33. The number of rotatable bonds is 6. The third-order valence-corrected chi connectivity index (χ3v) is 6.28. The molecule has 1 atom stereocenters. The molecule has 1 aromatic carbocycles. The number of hydrogen-bond acceptors (Lipinski definition) is 6. The molecule has 3 aromatic rings. The minimum absolute atomic E-state index is 0.0294. The number of esters is 1. The van der Waals surface area contributed by atoms with E-state index in [0.717, 1.165) is 29.8 Å². The van der Waals surface area contributed by atoms with E-state index in [2.05, 4.69) is 22.1 Å². The third kappa shape index (κ3) is 4.57. The van der Waals surface area contributed by atoms with Crippen molar-refractivity contribution in [2.24, 2.45) is 0 Å². The van der Waals surface area contributed by atoms with E-state index < -0.39 is 5.97 Å². The van der Waals surface area contributed by atoms with Gasteiger partial charge in [0, 0.05) is 30.4 Å². The number of likely N-dealkylation sites (N-methyl/N-ethyl adjacent to an activating group) is 1. The topological polar surface area (TPSA) is 72.4 Å². The molecule has 0 saturated heterocycles. The Morgan fingerprint density at radius 1 is 1.23 bits per heavy atom. The molecule has 0 spiro atoms. The number of hydrogen-bond donors (Lipinski definition) is 0. The van der Waals surface area contributed by atoms with Crippen LogP contribution in [0.5, 0.6) is 0 Å². The second-order valence-electron chi connectivity index (χ2n) is 7.33. The van der Waals surface area contributed by atoms with E-state index in [1.807, 2.05) is 29.6 Å². The van der Waals surface area contributed by atoms with Gasteiger partial charge in [-0.25, -0.2) is 4.98 Å². The van der Waals surface area contributed by atoms with Crippen LogP contribution in [0.25, 0.3) is 10.6 Å². The largest absolute Gasteiger partial charge is 0.455 e. The number of benzene rings is 1. The molecule has 0 saturated carbocycles. The Morgan fingerprint density at radius 2 is 2.10 bits per heavy atom. The van der Waals surface area contributed by atoms with Gasteiger partial charge in [-0.1, -0.05) is 24.3 Å². The summed E-state index contributed by atoms with van der Waals surface area (Å²) >= 11 is 1.45. The second kappa shape index (κ2) is 9.17. The van der Waals surface area contributed by atoms with Crippen molar-refractivity contribution in [2.75, 3.05) is 13.7 Å². The van der Waals surface area contributed by atoms with Gasteiger partial charge in [-0.15, -0.1) is 11.3 Å². The molecule has 0 unspecified atom stereocenters. The van der Waals surface area contributed by atoms with Gasteiger partial charge in [-0.3, -0.25) is 14.6 Å². The van der Waals surface area contributed by atoms with Crippen molar-refractivity contribution < 1.29 is 14.3 Å². The highest BCUT2D eigenvalue weighted by atomic mass is 32.1. The average Bonchev–Trinajstić information content (AvgIpc) is 3.25. The van der Waals surface area contributed by atoms with Crippen molar-refractivity contribution >= 4 is 23.2 Å². The minimum Gasteiger partial charge on any atom is -0.455 e. The standard InChI is InChI=1S/C23H23N3O3S/c1-26(20-10-4-7-16-6-2-3-9-19(16)20)21(27)14-29-22(28)12-18-15-30-23(25-18)17-8-5-11-24-13-17/h2-3,5-6,8-9,11,13,15,20H,4,7,10,12,14H2,1H3/t20-/m0/s1. The van der Waals surface area contributed by atoms with Gasteiger partial charge in [0.05, 0.1) is 18.2 Å². The number of aryl methyl sites for hydroxylation is 1. The summed E-state index contributed by atoms with van der Waals surface area (Å²) in [6, 6.07) is 12.0. The normalized spacial score (nSPS) is 15.3. The third-order valence-electron chi connectivity index (χ3n) is 5.34. The van der Waals surface area contributed by atoms with Gasteiger partial charge in [-0.2, -0.15) is 0 Å². The molecule has 154 valence electrons. The number of fused-ring (bicyclic) bond motifs is 1. The smallest absolute Gasteiger partial charge is 0.312 e. The number of ether oxygens (including phenoxy) is 1. The number of carbonyl (C=O) groups is 2. The Balaban J connectivity index is 1.31. The van der Waals surface area contributed by atoms with Crippen molar-refractivity contribution in [3.63, 3.8) is 0 Å². The van der Waals surface area contributed by atoms with E-state index in [9.17, 15) is 9.59 Å². The van der Waals surface area contributed by atoms with Gasteiger partial charge < -0.3 is 9.64 Å². The van der Waals surface area contributed by atoms with E-state index in [0.29, 0.717) is 5.69 Å². The first-order valence-electron chi connectivity index (χ1n) is 9.95. The van der Waals surface area contributed by atoms with Crippen molar-refractivity contribution in [3.05, 3.63) is 71.0 Å². The van der Waals surface area contributed by atoms with Gasteiger partial charge in [-0.05, 0) is 42.5 Å². The molecule has 1 amide bonds. The van der Waals surface area contributed by atoms with Crippen LogP contribution < -0.4 is 0 Å². The Bertz CT molecular complexity index is 1030. The lowest BCUT2D eigenvalue weighted by molar-refractivity contribution is -0.152. The Hall–Kier alpha value is -3.06. The summed E-state index contributed by atoms with van der Waals surface area (Å²) in [6.45, 7) is -0.256. The summed E-state index contributed by atoms with van der Waals surface area (Å²) in [4.78, 5) is 35.1. The van der Waals surface area contributed by atoms with Gasteiger partial charge in [0.15, 0.2) is 6.61 Å². The summed E-state index contributed by atoms with van der Waals surface area (Å²) in [5.74, 6) is -0.650. The molecule has 0 radical (unpaired) electrons. The first-order chi connectivity index (χ1) is 14.6. The minimum atomic E-state index is -0.455. The number of pyridine rings is 1. The molecular weight excluding hydrogens is 398 g/mol. The molecule has 6 nitrogen and oxygen atoms in total. The van der Waals surface area contributed by atoms with Crippen LogP contribution in [0.1, 0.15) is 35.7 Å². The summed E-state index contributed by atoms with van der Waals surface area (Å²) < 4.78 is 5.24. The van der Waals surface area contributed by atoms with E-state index in [1.165, 1.54) is 22.5 Å². The van der Waals surface area contributed by atoms with Crippen molar-refractivity contribution in [1.82, 2.24) is 14.9 Å². The molecule has 0 fully saturated rings. The van der Waals surface area contributed by atoms with Crippen molar-refractivity contribution in [3.8, 4) is 10.6 Å². The summed E-state index contributed by atoms with van der Waals surface area (Å²) in [7, 11) is 1.78. The monoisotopic (exact) mass is 421 g/mol. The van der Waals surface area contributed by atoms with Crippen LogP contribution in [0, 0.1) is 0 Å². The zero-order valence-corrected chi connectivity index (χ0v) is 17.6. The fourth-order valence-corrected chi connectivity index (χ4v) is 4.57. The van der Waals surface area contributed by atoms with Gasteiger partial charge in [0.1, 0.15) is 5.01 Å². The van der Waals surface area contributed by atoms with E-state index in [-0.39, 0.29) is 25.0 Å². The SMILES string of the molecule is CN(C(=O)COC(=O)Cc1csc(-c2cccnc2)n1)[C@H]1CCCc2ccccc21. The van der Waals surface area contributed by atoms with E-state index in [4.69, 9.17) is 4.74 Å². The first-order valence-corrected chi connectivity index (χ1v) is 10.8. The van der Waals surface area contributed by atoms with Crippen LogP contribution in [0.2, 0.25) is 0 Å². The van der Waals surface area contributed by atoms with Crippen LogP contribution >= 0.6 is 11.3 Å². The Labute approximate surface area is 179 Å². The number of carbonyl (C=O) groups excluding carboxylic acids is 2. The average molecular weight is 422 g/mol. The van der Waals surface area contributed by atoms with Crippen LogP contribution in [-0.2, 0) is 27.2 Å². The number of thiazole rings is 1. The Morgan fingerprint density at radius 3 is 2.93 bits per heavy atom. The predicted molar refractivity (Wildman–Crippen MR) is 115 cm³/mol.